The van der Waals surface area contributed by atoms with Crippen LogP contribution in [0, 0.1) is 0 Å². The van der Waals surface area contributed by atoms with Gasteiger partial charge >= 0.3 is 0 Å². The Hall–Kier alpha value is -1.36. The van der Waals surface area contributed by atoms with Crippen molar-refractivity contribution in [2.45, 2.75) is 31.2 Å². The number of aliphatic hydroxyl groups is 1. The van der Waals surface area contributed by atoms with Crippen LogP contribution in [0.4, 0.5) is 0 Å². The minimum absolute atomic E-state index is 0.583. The molecule has 1 saturated heterocycles. The third-order valence-corrected chi connectivity index (χ3v) is 4.45. The molecule has 1 N–H and O–H groups in total. The second kappa shape index (κ2) is 5.13. The van der Waals surface area contributed by atoms with Crippen molar-refractivity contribution in [1.29, 1.82) is 0 Å². The summed E-state index contributed by atoms with van der Waals surface area (Å²) in [5.41, 5.74) is 1.77. The average Bonchev–Trinajstić information content (AvgIpc) is 3.07. The average molecular weight is 289 g/mol. The second-order valence-corrected chi connectivity index (χ2v) is 6.07. The molecule has 1 atom stereocenters. The van der Waals surface area contributed by atoms with E-state index in [-0.39, 0.29) is 0 Å². The van der Waals surface area contributed by atoms with Crippen LogP contribution < -0.4 is 0 Å². The predicted octanol–water partition coefficient (Wildman–Crippen LogP) is 2.33. The molecule has 2 aliphatic rings. The lowest BCUT2D eigenvalue weighted by molar-refractivity contribution is -0.152. The van der Waals surface area contributed by atoms with Gasteiger partial charge in [0, 0.05) is 25.4 Å². The molecule has 114 valence electrons. The fraction of sp³-hybridized carbons (Fsp3) is 0.529. The molecule has 3 rings (SSSR count). The number of allylic oxidation sites excluding steroid dienone is 1. The maximum absolute atomic E-state index is 11.3. The zero-order valence-electron chi connectivity index (χ0n) is 12.9. The lowest BCUT2D eigenvalue weighted by Gasteiger charge is -2.36. The van der Waals surface area contributed by atoms with E-state index in [0.29, 0.717) is 19.6 Å². The summed E-state index contributed by atoms with van der Waals surface area (Å²) in [7, 11) is 3.93. The molecule has 4 nitrogen and oxygen atoms in total. The molecule has 0 amide bonds. The molecule has 0 saturated carbocycles. The normalized spacial score (nSPS) is 27.7. The van der Waals surface area contributed by atoms with Crippen LogP contribution in [0.2, 0.25) is 0 Å². The van der Waals surface area contributed by atoms with Crippen LogP contribution >= 0.6 is 0 Å². The lowest BCUT2D eigenvalue weighted by atomic mass is 9.84. The van der Waals surface area contributed by atoms with E-state index in [1.807, 2.05) is 50.2 Å². The highest BCUT2D eigenvalue weighted by molar-refractivity contribution is 5.42. The van der Waals surface area contributed by atoms with Gasteiger partial charge in [-0.2, -0.15) is 0 Å². The van der Waals surface area contributed by atoms with Crippen LogP contribution in [0.15, 0.2) is 36.0 Å². The van der Waals surface area contributed by atoms with E-state index >= 15 is 0 Å². The van der Waals surface area contributed by atoms with Gasteiger partial charge in [0.25, 0.3) is 0 Å². The molecular weight excluding hydrogens is 266 g/mol. The summed E-state index contributed by atoms with van der Waals surface area (Å²) >= 11 is 0. The van der Waals surface area contributed by atoms with Gasteiger partial charge in [0.2, 0.25) is 0 Å². The van der Waals surface area contributed by atoms with Crippen molar-refractivity contribution in [2.75, 3.05) is 27.3 Å². The maximum Gasteiger partial charge on any atom is 0.192 e. The van der Waals surface area contributed by atoms with Gasteiger partial charge < -0.3 is 19.5 Å². The molecule has 1 unspecified atom stereocenters. The Bertz CT molecular complexity index is 561. The standard InChI is InChI=1S/C17H23NO3/c1-16(20-11-12-21-16)13-7-4-5-8-14(13)17(19)10-6-9-15(17)18(2)3/h4-5,7-9,19H,6,10-12H2,1-3H3. The van der Waals surface area contributed by atoms with Crippen molar-refractivity contribution in [2.24, 2.45) is 0 Å². The Kier molecular flexibility index (Phi) is 3.56. The molecule has 1 heterocycles. The largest absolute Gasteiger partial charge is 0.379 e. The summed E-state index contributed by atoms with van der Waals surface area (Å²) in [6, 6.07) is 7.89. The highest BCUT2D eigenvalue weighted by Crippen LogP contribution is 2.45. The fourth-order valence-corrected chi connectivity index (χ4v) is 3.45. The number of ether oxygens (including phenoxy) is 2. The summed E-state index contributed by atoms with van der Waals surface area (Å²) < 4.78 is 11.6. The van der Waals surface area contributed by atoms with Crippen molar-refractivity contribution >= 4 is 0 Å². The summed E-state index contributed by atoms with van der Waals surface area (Å²) in [5.74, 6) is -0.771. The highest BCUT2D eigenvalue weighted by atomic mass is 16.7. The van der Waals surface area contributed by atoms with Crippen molar-refractivity contribution in [3.05, 3.63) is 47.2 Å². The molecule has 1 aromatic rings. The van der Waals surface area contributed by atoms with Gasteiger partial charge in [-0.3, -0.25) is 0 Å². The summed E-state index contributed by atoms with van der Waals surface area (Å²) in [5, 5.41) is 11.3. The van der Waals surface area contributed by atoms with Gasteiger partial charge in [0.1, 0.15) is 5.60 Å². The molecular formula is C17H23NO3. The quantitative estimate of drug-likeness (QED) is 0.927. The van der Waals surface area contributed by atoms with Crippen LogP contribution in [0.1, 0.15) is 30.9 Å². The third-order valence-electron chi connectivity index (χ3n) is 4.45. The molecule has 1 aliphatic carbocycles. The maximum atomic E-state index is 11.3. The molecule has 1 aromatic carbocycles. The van der Waals surface area contributed by atoms with E-state index in [2.05, 4.69) is 6.08 Å². The Balaban J connectivity index is 2.09. The smallest absolute Gasteiger partial charge is 0.192 e. The first-order valence-corrected chi connectivity index (χ1v) is 7.46. The zero-order valence-corrected chi connectivity index (χ0v) is 12.9. The van der Waals surface area contributed by atoms with Crippen molar-refractivity contribution in [3.8, 4) is 0 Å². The number of likely N-dealkylation sites (N-methyl/N-ethyl adjacent to an activating group) is 1. The van der Waals surface area contributed by atoms with E-state index in [1.165, 1.54) is 0 Å². The molecule has 1 aliphatic heterocycles. The second-order valence-electron chi connectivity index (χ2n) is 6.07. The van der Waals surface area contributed by atoms with Crippen LogP contribution in [-0.4, -0.2) is 37.3 Å². The number of nitrogens with zero attached hydrogens (tertiary/aromatic N) is 1. The molecule has 0 radical (unpaired) electrons. The third kappa shape index (κ3) is 2.27. The number of hydrogen-bond acceptors (Lipinski definition) is 4. The van der Waals surface area contributed by atoms with Crippen molar-refractivity contribution in [3.63, 3.8) is 0 Å². The van der Waals surface area contributed by atoms with E-state index in [4.69, 9.17) is 9.47 Å². The SMILES string of the molecule is CN(C)C1=CCCC1(O)c1ccccc1C1(C)OCCO1. The minimum Gasteiger partial charge on any atom is -0.379 e. The molecule has 0 bridgehead atoms. The molecule has 21 heavy (non-hydrogen) atoms. The van der Waals surface area contributed by atoms with E-state index < -0.39 is 11.4 Å². The molecule has 1 fully saturated rings. The van der Waals surface area contributed by atoms with Gasteiger partial charge in [-0.1, -0.05) is 30.3 Å². The molecule has 0 aromatic heterocycles. The Morgan fingerprint density at radius 2 is 1.71 bits per heavy atom. The van der Waals surface area contributed by atoms with Crippen molar-refractivity contribution < 1.29 is 14.6 Å². The van der Waals surface area contributed by atoms with Gasteiger partial charge in [-0.25, -0.2) is 0 Å². The van der Waals surface area contributed by atoms with Crippen LogP contribution in [0.5, 0.6) is 0 Å². The van der Waals surface area contributed by atoms with Gasteiger partial charge in [-0.05, 0) is 25.3 Å². The highest BCUT2D eigenvalue weighted by Gasteiger charge is 2.44. The fourth-order valence-electron chi connectivity index (χ4n) is 3.45. The van der Waals surface area contributed by atoms with Gasteiger partial charge in [0.15, 0.2) is 5.79 Å². The summed E-state index contributed by atoms with van der Waals surface area (Å²) in [6.07, 6.45) is 3.67. The first kappa shape index (κ1) is 14.6. The van der Waals surface area contributed by atoms with Gasteiger partial charge in [-0.15, -0.1) is 0 Å². The van der Waals surface area contributed by atoms with Crippen LogP contribution in [-0.2, 0) is 20.9 Å². The van der Waals surface area contributed by atoms with E-state index in [1.54, 1.807) is 0 Å². The van der Waals surface area contributed by atoms with Gasteiger partial charge in [0.05, 0.1) is 13.2 Å². The summed E-state index contributed by atoms with van der Waals surface area (Å²) in [6.45, 7) is 3.09. The Morgan fingerprint density at radius 3 is 2.33 bits per heavy atom. The van der Waals surface area contributed by atoms with Crippen LogP contribution in [0.25, 0.3) is 0 Å². The minimum atomic E-state index is -0.974. The number of hydrogen-bond donors (Lipinski definition) is 1. The summed E-state index contributed by atoms with van der Waals surface area (Å²) in [4.78, 5) is 1.99. The predicted molar refractivity (Wildman–Crippen MR) is 80.6 cm³/mol. The monoisotopic (exact) mass is 289 g/mol. The van der Waals surface area contributed by atoms with E-state index in [0.717, 1.165) is 23.2 Å². The first-order valence-electron chi connectivity index (χ1n) is 7.46. The Labute approximate surface area is 126 Å². The molecule has 0 spiro atoms. The Morgan fingerprint density at radius 1 is 1.10 bits per heavy atom. The van der Waals surface area contributed by atoms with Crippen molar-refractivity contribution in [1.82, 2.24) is 4.90 Å². The topological polar surface area (TPSA) is 41.9 Å². The molecule has 4 heteroatoms. The van der Waals surface area contributed by atoms with E-state index in [9.17, 15) is 5.11 Å². The number of rotatable bonds is 3. The van der Waals surface area contributed by atoms with Crippen LogP contribution in [0.3, 0.4) is 0 Å². The lowest BCUT2D eigenvalue weighted by Crippen LogP contribution is -2.36. The number of benzene rings is 1. The first-order chi connectivity index (χ1) is 9.97. The zero-order chi connectivity index (χ0) is 15.1.